The van der Waals surface area contributed by atoms with Crippen molar-refractivity contribution in [3.8, 4) is 5.75 Å². The minimum absolute atomic E-state index is 0.0538. The highest BCUT2D eigenvalue weighted by molar-refractivity contribution is 7.92. The number of fused-ring (bicyclic) bond motifs is 2. The molecule has 2 atom stereocenters. The minimum Gasteiger partial charge on any atom is -0.497 e. The van der Waals surface area contributed by atoms with Crippen molar-refractivity contribution in [2.24, 2.45) is 7.05 Å². The smallest absolute Gasteiger partial charge is 0.408 e. The fraction of sp³-hybridized carbons (Fsp3) is 0.289. The van der Waals surface area contributed by atoms with E-state index in [1.165, 1.54) is 48.0 Å². The summed E-state index contributed by atoms with van der Waals surface area (Å²) in [6.45, 7) is 4.80. The topological polar surface area (TPSA) is 135 Å². The van der Waals surface area contributed by atoms with E-state index in [1.807, 2.05) is 0 Å². The van der Waals surface area contributed by atoms with E-state index in [1.54, 1.807) is 45.0 Å². The van der Waals surface area contributed by atoms with Crippen LogP contribution in [0.2, 0.25) is 5.02 Å². The highest BCUT2D eigenvalue weighted by Crippen LogP contribution is 2.42. The van der Waals surface area contributed by atoms with Gasteiger partial charge in [0.05, 0.1) is 58.8 Å². The number of aryl methyl sites for hydroxylation is 1. The Morgan fingerprint density at radius 3 is 2.33 bits per heavy atom. The number of hydrogen-bond donors (Lipinski definition) is 2. The number of hydrogen-bond acceptors (Lipinski definition) is 8. The molecule has 290 valence electrons. The van der Waals surface area contributed by atoms with Crippen LogP contribution in [0.25, 0.3) is 10.9 Å². The maximum Gasteiger partial charge on any atom is 0.408 e. The zero-order chi connectivity index (χ0) is 40.0. The van der Waals surface area contributed by atoms with Crippen LogP contribution in [-0.4, -0.2) is 61.4 Å². The van der Waals surface area contributed by atoms with Crippen LogP contribution in [0.4, 0.5) is 35.2 Å². The van der Waals surface area contributed by atoms with Crippen molar-refractivity contribution < 1.29 is 40.7 Å². The Kier molecular flexibility index (Phi) is 10.7. The van der Waals surface area contributed by atoms with Crippen LogP contribution in [0.1, 0.15) is 42.3 Å². The molecule has 5 aromatic rings. The van der Waals surface area contributed by atoms with Crippen molar-refractivity contribution in [2.75, 3.05) is 27.9 Å². The zero-order valence-corrected chi connectivity index (χ0v) is 32.2. The molecule has 1 aliphatic rings. The van der Waals surface area contributed by atoms with E-state index in [9.17, 15) is 26.8 Å². The van der Waals surface area contributed by atoms with Gasteiger partial charge in [0.2, 0.25) is 10.0 Å². The first-order valence-corrected chi connectivity index (χ1v) is 19.2. The van der Waals surface area contributed by atoms with Crippen LogP contribution >= 0.6 is 11.6 Å². The molecular weight excluding hydrogens is 761 g/mol. The summed E-state index contributed by atoms with van der Waals surface area (Å²) in [5.41, 5.74) is -0.181. The number of alkyl carbamates (subject to hydrolysis) is 1. The number of carbonyl (C=O) groups excluding carboxylic acids is 2. The van der Waals surface area contributed by atoms with Crippen molar-refractivity contribution in [1.82, 2.24) is 15.1 Å². The summed E-state index contributed by atoms with van der Waals surface area (Å²) >= 11 is 6.82. The van der Waals surface area contributed by atoms with Gasteiger partial charge in [0.15, 0.2) is 5.82 Å². The molecule has 0 saturated heterocycles. The molecule has 1 aliphatic heterocycles. The molecule has 0 bridgehead atoms. The Bertz CT molecular complexity index is 2380. The summed E-state index contributed by atoms with van der Waals surface area (Å²) in [6, 6.07) is 15.4. The standard InChI is InChI=1S/C38H38ClF3N6O6S/c1-38(2,3)54-37(50)44-29(18-22-16-23(40)19-24(41)17-22)34-43-28-9-7-8-27(42)32(28)36(49)48(34)30-15-14-26(39)31-33(30)46(4)45-35(31)47(55(6,51)52)20-21-10-12-25(53-5)13-11-21/h7-17,19,29,34,43H,18,20H2,1-6H3,(H,44,50)/t29-,34?/m0/s1. The second kappa shape index (κ2) is 15.0. The Balaban J connectivity index is 1.55. The molecular formula is C38H38ClF3N6O6S. The van der Waals surface area contributed by atoms with Crippen molar-refractivity contribution in [3.05, 3.63) is 112 Å². The highest BCUT2D eigenvalue weighted by Gasteiger charge is 2.42. The number of methoxy groups -OCH3 is 1. The third kappa shape index (κ3) is 8.29. The van der Waals surface area contributed by atoms with E-state index in [2.05, 4.69) is 15.7 Å². The second-order valence-electron chi connectivity index (χ2n) is 14.0. The van der Waals surface area contributed by atoms with E-state index >= 15 is 4.39 Å². The van der Waals surface area contributed by atoms with Gasteiger partial charge in [0.25, 0.3) is 5.91 Å². The molecule has 55 heavy (non-hydrogen) atoms. The van der Waals surface area contributed by atoms with Gasteiger partial charge in [-0.3, -0.25) is 14.4 Å². The molecule has 0 saturated carbocycles. The van der Waals surface area contributed by atoms with Crippen molar-refractivity contribution in [1.29, 1.82) is 0 Å². The maximum absolute atomic E-state index is 15.5. The summed E-state index contributed by atoms with van der Waals surface area (Å²) in [6.07, 6.45) is -1.39. The molecule has 2 N–H and O–H groups in total. The Morgan fingerprint density at radius 2 is 1.71 bits per heavy atom. The van der Waals surface area contributed by atoms with Crippen molar-refractivity contribution in [2.45, 2.75) is 51.5 Å². The van der Waals surface area contributed by atoms with Gasteiger partial charge in [-0.2, -0.15) is 5.10 Å². The van der Waals surface area contributed by atoms with Gasteiger partial charge in [-0.25, -0.2) is 30.7 Å². The first kappa shape index (κ1) is 39.2. The summed E-state index contributed by atoms with van der Waals surface area (Å²) in [4.78, 5) is 29.2. The lowest BCUT2D eigenvalue weighted by atomic mass is 9.97. The summed E-state index contributed by atoms with van der Waals surface area (Å²) in [7, 11) is -0.980. The Hall–Kier alpha value is -5.48. The monoisotopic (exact) mass is 798 g/mol. The van der Waals surface area contributed by atoms with Crippen LogP contribution in [0.3, 0.4) is 0 Å². The fourth-order valence-electron chi connectivity index (χ4n) is 6.51. The van der Waals surface area contributed by atoms with Gasteiger partial charge in [-0.05, 0) is 86.8 Å². The SMILES string of the molecule is COc1ccc(CN(c2nn(C)c3c(N4C(=O)c5c(F)cccc5NC4[C@H](Cc4cc(F)cc(F)c4)NC(=O)OC(C)(C)C)ccc(Cl)c23)S(C)(=O)=O)cc1. The first-order valence-electron chi connectivity index (χ1n) is 16.9. The van der Waals surface area contributed by atoms with E-state index in [-0.39, 0.29) is 57.2 Å². The number of halogens is 4. The lowest BCUT2D eigenvalue weighted by Gasteiger charge is -2.42. The van der Waals surface area contributed by atoms with E-state index in [4.69, 9.17) is 21.1 Å². The fourth-order valence-corrected chi connectivity index (χ4v) is 7.57. The number of rotatable bonds is 10. The van der Waals surface area contributed by atoms with Crippen molar-refractivity contribution >= 4 is 61.7 Å². The Labute approximate surface area is 320 Å². The first-order chi connectivity index (χ1) is 25.8. The average Bonchev–Trinajstić information content (AvgIpc) is 3.43. The molecule has 0 spiro atoms. The van der Waals surface area contributed by atoms with Gasteiger partial charge in [0.1, 0.15) is 35.0 Å². The Morgan fingerprint density at radius 1 is 1.04 bits per heavy atom. The van der Waals surface area contributed by atoms with E-state index < -0.39 is 57.3 Å². The largest absolute Gasteiger partial charge is 0.497 e. The number of aromatic nitrogens is 2. The molecule has 17 heteroatoms. The number of ether oxygens (including phenoxy) is 2. The lowest BCUT2D eigenvalue weighted by molar-refractivity contribution is 0.0495. The van der Waals surface area contributed by atoms with Gasteiger partial charge < -0.3 is 20.1 Å². The summed E-state index contributed by atoms with van der Waals surface area (Å²) in [5.74, 6) is -2.91. The quantitative estimate of drug-likeness (QED) is 0.152. The summed E-state index contributed by atoms with van der Waals surface area (Å²) in [5, 5.41) is 10.7. The molecule has 12 nitrogen and oxygen atoms in total. The molecule has 0 radical (unpaired) electrons. The molecule has 2 heterocycles. The number of anilines is 3. The molecule has 6 rings (SSSR count). The number of carbonyl (C=O) groups is 2. The second-order valence-corrected chi connectivity index (χ2v) is 16.3. The predicted octanol–water partition coefficient (Wildman–Crippen LogP) is 7.15. The van der Waals surface area contributed by atoms with Gasteiger partial charge in [0, 0.05) is 13.1 Å². The maximum atomic E-state index is 15.5. The number of benzene rings is 4. The van der Waals surface area contributed by atoms with E-state index in [0.29, 0.717) is 17.4 Å². The van der Waals surface area contributed by atoms with Gasteiger partial charge in [-0.15, -0.1) is 0 Å². The van der Waals surface area contributed by atoms with Crippen LogP contribution in [-0.2, 0) is 34.8 Å². The predicted molar refractivity (Wildman–Crippen MR) is 204 cm³/mol. The van der Waals surface area contributed by atoms with Crippen LogP contribution in [0.15, 0.2) is 72.8 Å². The molecule has 1 aromatic heterocycles. The zero-order valence-electron chi connectivity index (χ0n) is 30.7. The molecule has 2 amide bonds. The molecule has 1 unspecified atom stereocenters. The third-order valence-corrected chi connectivity index (χ3v) is 10.2. The third-order valence-electron chi connectivity index (χ3n) is 8.77. The number of nitrogens with one attached hydrogen (secondary N) is 2. The number of nitrogens with zero attached hydrogens (tertiary/aromatic N) is 4. The van der Waals surface area contributed by atoms with Crippen LogP contribution < -0.4 is 24.6 Å². The highest BCUT2D eigenvalue weighted by atomic mass is 35.5. The number of amides is 2. The molecule has 4 aromatic carbocycles. The van der Waals surface area contributed by atoms with Crippen molar-refractivity contribution in [3.63, 3.8) is 0 Å². The number of sulfonamides is 1. The normalized spacial score (nSPS) is 15.0. The minimum atomic E-state index is -4.01. The van der Waals surface area contributed by atoms with Crippen LogP contribution in [0.5, 0.6) is 5.75 Å². The van der Waals surface area contributed by atoms with Crippen LogP contribution in [0, 0.1) is 17.5 Å². The lowest BCUT2D eigenvalue weighted by Crippen LogP contribution is -2.61. The van der Waals surface area contributed by atoms with Gasteiger partial charge in [-0.1, -0.05) is 29.8 Å². The average molecular weight is 799 g/mol. The summed E-state index contributed by atoms with van der Waals surface area (Å²) < 4.78 is 84.5. The van der Waals surface area contributed by atoms with E-state index in [0.717, 1.165) is 28.8 Å². The molecule has 0 aliphatic carbocycles. The molecule has 0 fully saturated rings. The van der Waals surface area contributed by atoms with Gasteiger partial charge >= 0.3 is 6.09 Å².